The molecule has 0 radical (unpaired) electrons. The van der Waals surface area contributed by atoms with Gasteiger partial charge < -0.3 is 9.84 Å². The van der Waals surface area contributed by atoms with E-state index in [0.717, 1.165) is 16.7 Å². The molecule has 0 saturated heterocycles. The molecule has 0 atom stereocenters. The normalized spacial score (nSPS) is 11.5. The minimum atomic E-state index is -0.810. The lowest BCUT2D eigenvalue weighted by Gasteiger charge is -2.35. The van der Waals surface area contributed by atoms with Crippen LogP contribution in [0.5, 0.6) is 0 Å². The second-order valence-corrected chi connectivity index (χ2v) is 6.79. The monoisotopic (exact) mass is 385 g/mol. The SMILES string of the molecule is Cn1nc(CO)nc1COC(c1ccccc1)(c1ccccc1)c1ccccc1. The standard InChI is InChI=1S/C24H23N3O2/c1-27-23(25-22(17-28)26-27)18-29-24(19-11-5-2-6-12-19,20-13-7-3-8-14-20)21-15-9-4-10-16-21/h2-16,28H,17-18H2,1H3. The van der Waals surface area contributed by atoms with E-state index in [0.29, 0.717) is 11.6 Å². The van der Waals surface area contributed by atoms with Gasteiger partial charge in [0.2, 0.25) is 0 Å². The van der Waals surface area contributed by atoms with Crippen molar-refractivity contribution < 1.29 is 9.84 Å². The van der Waals surface area contributed by atoms with E-state index >= 15 is 0 Å². The van der Waals surface area contributed by atoms with E-state index in [1.54, 1.807) is 11.7 Å². The fourth-order valence-electron chi connectivity index (χ4n) is 3.61. The van der Waals surface area contributed by atoms with Crippen LogP contribution in [0.1, 0.15) is 28.3 Å². The predicted octanol–water partition coefficient (Wildman–Crippen LogP) is 3.82. The number of ether oxygens (including phenoxy) is 1. The maximum atomic E-state index is 9.36. The van der Waals surface area contributed by atoms with Gasteiger partial charge in [0.1, 0.15) is 18.8 Å². The summed E-state index contributed by atoms with van der Waals surface area (Å²) in [5.74, 6) is 1.04. The summed E-state index contributed by atoms with van der Waals surface area (Å²) in [5.41, 5.74) is 2.28. The van der Waals surface area contributed by atoms with Gasteiger partial charge in [0.05, 0.1) is 0 Å². The smallest absolute Gasteiger partial charge is 0.176 e. The molecule has 3 aromatic carbocycles. The molecule has 4 rings (SSSR count). The highest BCUT2D eigenvalue weighted by Crippen LogP contribution is 2.40. The molecule has 0 fully saturated rings. The molecule has 0 aliphatic heterocycles. The maximum absolute atomic E-state index is 9.36. The van der Waals surface area contributed by atoms with E-state index in [2.05, 4.69) is 46.5 Å². The van der Waals surface area contributed by atoms with Crippen molar-refractivity contribution in [2.24, 2.45) is 7.05 Å². The van der Waals surface area contributed by atoms with E-state index in [1.807, 2.05) is 54.6 Å². The topological polar surface area (TPSA) is 60.2 Å². The van der Waals surface area contributed by atoms with Crippen LogP contribution in [0.25, 0.3) is 0 Å². The minimum absolute atomic E-state index is 0.199. The number of aromatic nitrogens is 3. The van der Waals surface area contributed by atoms with Gasteiger partial charge in [-0.25, -0.2) is 4.98 Å². The van der Waals surface area contributed by atoms with Gasteiger partial charge in [-0.15, -0.1) is 0 Å². The third kappa shape index (κ3) is 3.70. The Morgan fingerprint density at radius 1 is 0.793 bits per heavy atom. The van der Waals surface area contributed by atoms with E-state index in [4.69, 9.17) is 4.74 Å². The first-order valence-corrected chi connectivity index (χ1v) is 9.54. The molecule has 5 nitrogen and oxygen atoms in total. The van der Waals surface area contributed by atoms with Gasteiger partial charge in [-0.2, -0.15) is 5.10 Å². The molecule has 0 amide bonds. The number of aliphatic hydroxyl groups excluding tert-OH is 1. The number of aliphatic hydroxyl groups is 1. The van der Waals surface area contributed by atoms with Crippen molar-refractivity contribution in [3.63, 3.8) is 0 Å². The van der Waals surface area contributed by atoms with Crippen LogP contribution in [0.3, 0.4) is 0 Å². The Hall–Kier alpha value is -3.28. The molecule has 1 heterocycles. The third-order valence-electron chi connectivity index (χ3n) is 5.00. The first-order valence-electron chi connectivity index (χ1n) is 9.54. The highest BCUT2D eigenvalue weighted by molar-refractivity contribution is 5.47. The highest BCUT2D eigenvalue weighted by Gasteiger charge is 2.37. The summed E-state index contributed by atoms with van der Waals surface area (Å²) >= 11 is 0. The lowest BCUT2D eigenvalue weighted by Crippen LogP contribution is -2.33. The molecular formula is C24H23N3O2. The van der Waals surface area contributed by atoms with Crippen LogP contribution in [0, 0.1) is 0 Å². The van der Waals surface area contributed by atoms with Crippen LogP contribution < -0.4 is 0 Å². The van der Waals surface area contributed by atoms with Gasteiger partial charge in [-0.1, -0.05) is 91.0 Å². The quantitative estimate of drug-likeness (QED) is 0.492. The number of aryl methyl sites for hydroxylation is 1. The number of benzene rings is 3. The largest absolute Gasteiger partial charge is 0.388 e. The zero-order valence-corrected chi connectivity index (χ0v) is 16.3. The van der Waals surface area contributed by atoms with Crippen molar-refractivity contribution in [2.75, 3.05) is 0 Å². The Morgan fingerprint density at radius 3 is 1.62 bits per heavy atom. The minimum Gasteiger partial charge on any atom is -0.388 e. The number of hydrogen-bond acceptors (Lipinski definition) is 4. The summed E-state index contributed by atoms with van der Waals surface area (Å²) in [6.07, 6.45) is 0. The summed E-state index contributed by atoms with van der Waals surface area (Å²) in [7, 11) is 1.81. The average Bonchev–Trinajstić information content (AvgIpc) is 3.16. The Bertz CT molecular complexity index is 951. The van der Waals surface area contributed by atoms with Crippen molar-refractivity contribution in [3.05, 3.63) is 119 Å². The third-order valence-corrected chi connectivity index (χ3v) is 5.00. The summed E-state index contributed by atoms with van der Waals surface area (Å²) in [5, 5.41) is 13.6. The molecule has 0 saturated carbocycles. The van der Waals surface area contributed by atoms with Gasteiger partial charge in [0.25, 0.3) is 0 Å². The van der Waals surface area contributed by atoms with Gasteiger partial charge in [-0.3, -0.25) is 4.68 Å². The molecule has 146 valence electrons. The number of hydrogen-bond donors (Lipinski definition) is 1. The molecule has 0 spiro atoms. The number of nitrogens with zero attached hydrogens (tertiary/aromatic N) is 3. The lowest BCUT2D eigenvalue weighted by molar-refractivity contribution is -0.00452. The molecule has 0 aliphatic rings. The summed E-state index contributed by atoms with van der Waals surface area (Å²) in [6, 6.07) is 30.6. The average molecular weight is 385 g/mol. The Morgan fingerprint density at radius 2 is 1.24 bits per heavy atom. The van der Waals surface area contributed by atoms with Crippen LogP contribution in [0.15, 0.2) is 91.0 Å². The fourth-order valence-corrected chi connectivity index (χ4v) is 3.61. The molecular weight excluding hydrogens is 362 g/mol. The van der Waals surface area contributed by atoms with Crippen LogP contribution in [-0.4, -0.2) is 19.9 Å². The second kappa shape index (κ2) is 8.39. The van der Waals surface area contributed by atoms with Crippen LogP contribution in [0.2, 0.25) is 0 Å². The molecule has 5 heteroatoms. The molecule has 1 aromatic heterocycles. The Kier molecular flexibility index (Phi) is 5.51. The molecule has 4 aromatic rings. The molecule has 29 heavy (non-hydrogen) atoms. The Balaban J connectivity index is 1.86. The molecule has 1 N–H and O–H groups in total. The summed E-state index contributed by atoms with van der Waals surface area (Å²) in [4.78, 5) is 4.39. The first kappa shape index (κ1) is 19.1. The second-order valence-electron chi connectivity index (χ2n) is 6.79. The Labute approximate surface area is 170 Å². The van der Waals surface area contributed by atoms with Crippen LogP contribution in [0.4, 0.5) is 0 Å². The van der Waals surface area contributed by atoms with Crippen LogP contribution in [-0.2, 0) is 30.6 Å². The van der Waals surface area contributed by atoms with E-state index in [-0.39, 0.29) is 13.2 Å². The fraction of sp³-hybridized carbons (Fsp3) is 0.167. The van der Waals surface area contributed by atoms with Gasteiger partial charge in [0, 0.05) is 7.05 Å². The zero-order chi connectivity index (χ0) is 20.1. The van der Waals surface area contributed by atoms with Crippen molar-refractivity contribution >= 4 is 0 Å². The predicted molar refractivity (Wildman–Crippen MR) is 111 cm³/mol. The highest BCUT2D eigenvalue weighted by atomic mass is 16.5. The molecule has 0 bridgehead atoms. The van der Waals surface area contributed by atoms with Gasteiger partial charge in [-0.05, 0) is 16.7 Å². The zero-order valence-electron chi connectivity index (χ0n) is 16.3. The maximum Gasteiger partial charge on any atom is 0.176 e. The van der Waals surface area contributed by atoms with Crippen molar-refractivity contribution in [3.8, 4) is 0 Å². The van der Waals surface area contributed by atoms with Crippen molar-refractivity contribution in [1.29, 1.82) is 0 Å². The summed E-state index contributed by atoms with van der Waals surface area (Å²) in [6.45, 7) is 0.0389. The summed E-state index contributed by atoms with van der Waals surface area (Å²) < 4.78 is 8.36. The van der Waals surface area contributed by atoms with Gasteiger partial charge >= 0.3 is 0 Å². The van der Waals surface area contributed by atoms with Crippen LogP contribution >= 0.6 is 0 Å². The van der Waals surface area contributed by atoms with Crippen molar-refractivity contribution in [1.82, 2.24) is 14.8 Å². The van der Waals surface area contributed by atoms with Crippen molar-refractivity contribution in [2.45, 2.75) is 18.8 Å². The van der Waals surface area contributed by atoms with E-state index in [1.165, 1.54) is 0 Å². The lowest BCUT2D eigenvalue weighted by atomic mass is 9.80. The van der Waals surface area contributed by atoms with Gasteiger partial charge in [0.15, 0.2) is 11.6 Å². The van der Waals surface area contributed by atoms with E-state index < -0.39 is 5.60 Å². The van der Waals surface area contributed by atoms with E-state index in [9.17, 15) is 5.11 Å². The molecule has 0 aliphatic carbocycles. The molecule has 0 unspecified atom stereocenters. The number of rotatable bonds is 7. The first-order chi connectivity index (χ1) is 14.2.